The highest BCUT2D eigenvalue weighted by Gasteiger charge is 2.34. The first-order valence-corrected chi connectivity index (χ1v) is 7.97. The van der Waals surface area contributed by atoms with Gasteiger partial charge in [-0.1, -0.05) is 4.68 Å². The predicted molar refractivity (Wildman–Crippen MR) is 73.5 cm³/mol. The molecule has 0 saturated carbocycles. The van der Waals surface area contributed by atoms with E-state index in [0.29, 0.717) is 0 Å². The molecule has 0 spiro atoms. The van der Waals surface area contributed by atoms with Crippen LogP contribution in [0.1, 0.15) is 5.56 Å². The lowest BCUT2D eigenvalue weighted by molar-refractivity contribution is -0.750. The summed E-state index contributed by atoms with van der Waals surface area (Å²) in [6, 6.07) is 3.54. The van der Waals surface area contributed by atoms with Crippen molar-refractivity contribution < 1.29 is 30.5 Å². The summed E-state index contributed by atoms with van der Waals surface area (Å²) in [6.07, 6.45) is -0.676. The Balaban J connectivity index is 2.24. The van der Waals surface area contributed by atoms with E-state index in [2.05, 4.69) is 14.3 Å². The molecule has 0 aromatic carbocycles. The molecule has 124 valence electrons. The van der Waals surface area contributed by atoms with Crippen molar-refractivity contribution in [1.29, 1.82) is 0 Å². The first-order valence-electron chi connectivity index (χ1n) is 6.39. The molecule has 2 aromatic heterocycles. The fourth-order valence-corrected chi connectivity index (χ4v) is 2.39. The normalized spacial score (nSPS) is 12.3. The number of aryl methyl sites for hydroxylation is 1. The summed E-state index contributed by atoms with van der Waals surface area (Å²) in [6.45, 7) is 0.0187. The molecule has 2 rings (SSSR count). The van der Waals surface area contributed by atoms with Gasteiger partial charge in [0, 0.05) is 17.8 Å². The largest absolute Gasteiger partial charge is 0.418 e. The average molecular weight is 348 g/mol. The van der Waals surface area contributed by atoms with Crippen LogP contribution in [0, 0.1) is 0 Å². The van der Waals surface area contributed by atoms with E-state index in [9.17, 15) is 21.6 Å². The molecular weight excluding hydrogens is 335 g/mol. The highest BCUT2D eigenvalue weighted by molar-refractivity contribution is 7.86. The maximum absolute atomic E-state index is 13.0. The van der Waals surface area contributed by atoms with Crippen molar-refractivity contribution in [2.45, 2.75) is 12.7 Å². The third-order valence-corrected chi connectivity index (χ3v) is 4.17. The van der Waals surface area contributed by atoms with E-state index < -0.39 is 21.9 Å². The highest BCUT2D eigenvalue weighted by Crippen LogP contribution is 2.35. The van der Waals surface area contributed by atoms with Crippen molar-refractivity contribution in [3.05, 3.63) is 42.4 Å². The fraction of sp³-hybridized carbons (Fsp3) is 0.308. The molecule has 10 heteroatoms. The van der Waals surface area contributed by atoms with Gasteiger partial charge < -0.3 is 0 Å². The molecular formula is C13H13F3N3O3S+. The fourth-order valence-electron chi connectivity index (χ4n) is 1.81. The Bertz CT molecular complexity index is 777. The van der Waals surface area contributed by atoms with Crippen LogP contribution in [0.4, 0.5) is 13.2 Å². The Hall–Kier alpha value is -2.07. The van der Waals surface area contributed by atoms with Crippen LogP contribution in [0.15, 0.2) is 36.8 Å². The van der Waals surface area contributed by atoms with Gasteiger partial charge in [-0.05, 0) is 17.2 Å². The van der Waals surface area contributed by atoms with Crippen LogP contribution >= 0.6 is 0 Å². The molecule has 2 aromatic rings. The lowest BCUT2D eigenvalue weighted by atomic mass is 10.1. The molecule has 0 aliphatic rings. The van der Waals surface area contributed by atoms with E-state index in [1.54, 1.807) is 0 Å². The minimum atomic E-state index is -4.53. The van der Waals surface area contributed by atoms with E-state index in [0.717, 1.165) is 13.2 Å². The summed E-state index contributed by atoms with van der Waals surface area (Å²) in [5.74, 6) is -0.294. The smallest absolute Gasteiger partial charge is 0.273 e. The molecule has 0 saturated heterocycles. The van der Waals surface area contributed by atoms with Gasteiger partial charge in [-0.15, -0.1) is 0 Å². The van der Waals surface area contributed by atoms with Crippen molar-refractivity contribution in [3.8, 4) is 11.3 Å². The number of alkyl halides is 3. The van der Waals surface area contributed by atoms with Gasteiger partial charge in [-0.2, -0.15) is 21.6 Å². The summed E-state index contributed by atoms with van der Waals surface area (Å²) in [5, 5.41) is 3.90. The van der Waals surface area contributed by atoms with Gasteiger partial charge in [0.1, 0.15) is 11.9 Å². The van der Waals surface area contributed by atoms with Gasteiger partial charge in [0.2, 0.25) is 0 Å². The van der Waals surface area contributed by atoms with Crippen molar-refractivity contribution >= 4 is 10.1 Å². The third-order valence-electron chi connectivity index (χ3n) is 2.98. The van der Waals surface area contributed by atoms with E-state index >= 15 is 0 Å². The topological polar surface area (TPSA) is 73.0 Å². The summed E-state index contributed by atoms with van der Waals surface area (Å²) >= 11 is 0. The van der Waals surface area contributed by atoms with Crippen LogP contribution in [0.25, 0.3) is 11.3 Å². The average Bonchev–Trinajstić information content (AvgIpc) is 2.53. The molecule has 23 heavy (non-hydrogen) atoms. The number of hydrogen-bond donors (Lipinski definition) is 0. The number of nitrogens with zero attached hydrogens (tertiary/aromatic N) is 3. The Morgan fingerprint density at radius 1 is 1.30 bits per heavy atom. The van der Waals surface area contributed by atoms with Gasteiger partial charge >= 0.3 is 6.18 Å². The zero-order valence-electron chi connectivity index (χ0n) is 12.0. The SMILES string of the molecule is COS(=O)(=O)CC[n+]1ccc(-c2ncccc2C(F)(F)F)cn1. The lowest BCUT2D eigenvalue weighted by Gasteiger charge is -2.10. The van der Waals surface area contributed by atoms with Crippen molar-refractivity contribution in [1.82, 2.24) is 10.1 Å². The van der Waals surface area contributed by atoms with Crippen LogP contribution in [0.5, 0.6) is 0 Å². The first-order chi connectivity index (χ1) is 10.7. The zero-order valence-corrected chi connectivity index (χ0v) is 12.8. The second-order valence-electron chi connectivity index (χ2n) is 4.50. The molecule has 0 bridgehead atoms. The number of aromatic nitrogens is 3. The maximum Gasteiger partial charge on any atom is 0.418 e. The molecule has 0 unspecified atom stereocenters. The lowest BCUT2D eigenvalue weighted by Crippen LogP contribution is -2.40. The van der Waals surface area contributed by atoms with Gasteiger partial charge in [-0.25, -0.2) is 0 Å². The third kappa shape index (κ3) is 4.45. The van der Waals surface area contributed by atoms with Gasteiger partial charge in [0.15, 0.2) is 12.7 Å². The highest BCUT2D eigenvalue weighted by atomic mass is 32.2. The summed E-state index contributed by atoms with van der Waals surface area (Å²) < 4.78 is 66.9. The number of hydrogen-bond acceptors (Lipinski definition) is 5. The van der Waals surface area contributed by atoms with Crippen molar-refractivity contribution in [2.24, 2.45) is 0 Å². The summed E-state index contributed by atoms with van der Waals surface area (Å²) in [7, 11) is -2.58. The Morgan fingerprint density at radius 3 is 2.61 bits per heavy atom. The number of pyridine rings is 1. The van der Waals surface area contributed by atoms with Gasteiger partial charge in [-0.3, -0.25) is 9.17 Å². The Morgan fingerprint density at radius 2 is 2.04 bits per heavy atom. The molecule has 0 radical (unpaired) electrons. The van der Waals surface area contributed by atoms with Gasteiger partial charge in [0.25, 0.3) is 10.1 Å². The molecule has 6 nitrogen and oxygen atoms in total. The molecule has 0 atom stereocenters. The second kappa shape index (κ2) is 6.59. The minimum absolute atomic E-state index is 0.0187. The summed E-state index contributed by atoms with van der Waals surface area (Å²) in [4.78, 5) is 3.76. The van der Waals surface area contributed by atoms with E-state index in [1.807, 2.05) is 0 Å². The first kappa shape index (κ1) is 17.3. The minimum Gasteiger partial charge on any atom is -0.273 e. The van der Waals surface area contributed by atoms with Crippen molar-refractivity contribution in [2.75, 3.05) is 12.9 Å². The van der Waals surface area contributed by atoms with E-state index in [4.69, 9.17) is 0 Å². The van der Waals surface area contributed by atoms with E-state index in [1.165, 1.54) is 35.4 Å². The standard InChI is InChI=1S/C13H13F3N3O3S/c1-22-23(20,21)8-7-19-6-4-10(9-18-19)12-11(13(14,15)16)3-2-5-17-12/h2-6,9H,7-8H2,1H3/q+1. The molecule has 0 aliphatic heterocycles. The van der Waals surface area contributed by atoms with Crippen LogP contribution < -0.4 is 4.68 Å². The monoisotopic (exact) mass is 348 g/mol. The second-order valence-corrected chi connectivity index (χ2v) is 6.36. The van der Waals surface area contributed by atoms with Crippen LogP contribution in [-0.4, -0.2) is 31.4 Å². The molecule has 2 heterocycles. The molecule has 0 N–H and O–H groups in total. The molecule has 0 aliphatic carbocycles. The number of rotatable bonds is 5. The quantitative estimate of drug-likeness (QED) is 0.604. The van der Waals surface area contributed by atoms with Crippen LogP contribution in [0.3, 0.4) is 0 Å². The van der Waals surface area contributed by atoms with Crippen LogP contribution in [-0.2, 0) is 27.0 Å². The van der Waals surface area contributed by atoms with Crippen LogP contribution in [0.2, 0.25) is 0 Å². The zero-order chi connectivity index (χ0) is 17.1. The van der Waals surface area contributed by atoms with E-state index in [-0.39, 0.29) is 23.6 Å². The predicted octanol–water partition coefficient (Wildman–Crippen LogP) is 1.43. The molecule has 0 amide bonds. The van der Waals surface area contributed by atoms with Gasteiger partial charge in [0.05, 0.1) is 18.4 Å². The summed E-state index contributed by atoms with van der Waals surface area (Å²) in [5.41, 5.74) is -0.908. The number of halogens is 3. The molecule has 0 fully saturated rings. The maximum atomic E-state index is 13.0. The Labute approximate surface area is 130 Å². The Kier molecular flexibility index (Phi) is 4.95. The van der Waals surface area contributed by atoms with Crippen molar-refractivity contribution in [3.63, 3.8) is 0 Å².